The summed E-state index contributed by atoms with van der Waals surface area (Å²) in [5, 5.41) is 3.48. The van der Waals surface area contributed by atoms with Crippen LogP contribution in [0, 0.1) is 5.82 Å². The number of hydrogen-bond donors (Lipinski definition) is 1. The Balaban J connectivity index is 1.87. The minimum absolute atomic E-state index is 0.0691. The first-order valence-electron chi connectivity index (χ1n) is 11.1. The van der Waals surface area contributed by atoms with Crippen LogP contribution in [-0.2, 0) is 26.2 Å². The average molecular weight is 510 g/mol. The van der Waals surface area contributed by atoms with E-state index in [9.17, 15) is 22.4 Å². The maximum Gasteiger partial charge on any atom is 0.244 e. The summed E-state index contributed by atoms with van der Waals surface area (Å²) in [7, 11) is -3.86. The molecule has 2 amide bonds. The van der Waals surface area contributed by atoms with E-state index in [1.165, 1.54) is 17.0 Å². The second kappa shape index (κ2) is 11.2. The number of nitrogens with zero attached hydrogens (tertiary/aromatic N) is 2. The van der Waals surface area contributed by atoms with E-state index in [-0.39, 0.29) is 24.2 Å². The molecule has 0 heterocycles. The van der Waals surface area contributed by atoms with Crippen molar-refractivity contribution < 1.29 is 22.4 Å². The van der Waals surface area contributed by atoms with E-state index in [4.69, 9.17) is 11.6 Å². The van der Waals surface area contributed by atoms with Gasteiger partial charge in [-0.25, -0.2) is 12.8 Å². The van der Waals surface area contributed by atoms with Gasteiger partial charge >= 0.3 is 0 Å². The highest BCUT2D eigenvalue weighted by Gasteiger charge is 2.31. The molecular formula is C24H29ClFN3O4S. The molecule has 3 rings (SSSR count). The third kappa shape index (κ3) is 6.93. The van der Waals surface area contributed by atoms with E-state index < -0.39 is 34.3 Å². The highest BCUT2D eigenvalue weighted by atomic mass is 35.5. The van der Waals surface area contributed by atoms with Crippen LogP contribution in [0.4, 0.5) is 10.1 Å². The standard InChI is InChI=1S/C24H29ClFN3O4S/c1-17(24(31)27-21-8-3-4-9-21)28(15-18-6-5-7-19(25)14-18)23(30)16-29(34(2,32)33)22-12-10-20(26)11-13-22/h5-7,10-14,17,21H,3-4,8-9,15-16H2,1-2H3,(H,27,31)/t17-/m1/s1. The Bertz CT molecular complexity index is 1120. The van der Waals surface area contributed by atoms with E-state index in [1.54, 1.807) is 31.2 Å². The minimum Gasteiger partial charge on any atom is -0.352 e. The maximum atomic E-state index is 13.4. The normalized spacial score (nSPS) is 15.1. The van der Waals surface area contributed by atoms with Crippen LogP contribution in [0.1, 0.15) is 38.2 Å². The first-order valence-corrected chi connectivity index (χ1v) is 13.3. The Morgan fingerprint density at radius 3 is 2.38 bits per heavy atom. The molecule has 34 heavy (non-hydrogen) atoms. The number of amides is 2. The van der Waals surface area contributed by atoms with Gasteiger partial charge in [0.15, 0.2) is 0 Å². The van der Waals surface area contributed by atoms with Crippen molar-refractivity contribution in [2.24, 2.45) is 0 Å². The highest BCUT2D eigenvalue weighted by molar-refractivity contribution is 7.92. The number of benzene rings is 2. The van der Waals surface area contributed by atoms with Gasteiger partial charge in [0.1, 0.15) is 18.4 Å². The zero-order chi connectivity index (χ0) is 24.9. The number of carbonyl (C=O) groups is 2. The van der Waals surface area contributed by atoms with Crippen LogP contribution < -0.4 is 9.62 Å². The molecule has 1 aliphatic carbocycles. The maximum absolute atomic E-state index is 13.4. The molecule has 10 heteroatoms. The van der Waals surface area contributed by atoms with Crippen LogP contribution in [0.2, 0.25) is 5.02 Å². The lowest BCUT2D eigenvalue weighted by molar-refractivity contribution is -0.139. The third-order valence-electron chi connectivity index (χ3n) is 5.90. The van der Waals surface area contributed by atoms with Gasteiger partial charge < -0.3 is 10.2 Å². The summed E-state index contributed by atoms with van der Waals surface area (Å²) in [6, 6.07) is 11.0. The fraction of sp³-hybridized carbons (Fsp3) is 0.417. The van der Waals surface area contributed by atoms with Crippen LogP contribution in [0.5, 0.6) is 0 Å². The Labute approximate surface area is 204 Å². The number of anilines is 1. The summed E-state index contributed by atoms with van der Waals surface area (Å²) >= 11 is 6.10. The molecule has 1 saturated carbocycles. The smallest absolute Gasteiger partial charge is 0.244 e. The van der Waals surface area contributed by atoms with Gasteiger partial charge in [-0.2, -0.15) is 0 Å². The van der Waals surface area contributed by atoms with E-state index in [1.807, 2.05) is 0 Å². The average Bonchev–Trinajstić information content (AvgIpc) is 3.28. The fourth-order valence-electron chi connectivity index (χ4n) is 4.03. The highest BCUT2D eigenvalue weighted by Crippen LogP contribution is 2.21. The number of rotatable bonds is 9. The molecule has 2 aromatic rings. The second-order valence-corrected chi connectivity index (χ2v) is 10.9. The van der Waals surface area contributed by atoms with E-state index in [2.05, 4.69) is 5.32 Å². The Kier molecular flexibility index (Phi) is 8.54. The third-order valence-corrected chi connectivity index (χ3v) is 7.28. The number of hydrogen-bond acceptors (Lipinski definition) is 4. The summed E-state index contributed by atoms with van der Waals surface area (Å²) in [6.45, 7) is 1.15. The molecule has 0 aliphatic heterocycles. The first-order chi connectivity index (χ1) is 16.0. The molecule has 0 bridgehead atoms. The predicted molar refractivity (Wildman–Crippen MR) is 130 cm³/mol. The first kappa shape index (κ1) is 26.0. The topological polar surface area (TPSA) is 86.8 Å². The Hall–Kier alpha value is -2.65. The molecule has 1 N–H and O–H groups in total. The van der Waals surface area contributed by atoms with Crippen LogP contribution in [0.25, 0.3) is 0 Å². The lowest BCUT2D eigenvalue weighted by atomic mass is 10.1. The van der Waals surface area contributed by atoms with Crippen LogP contribution in [0.3, 0.4) is 0 Å². The molecule has 7 nitrogen and oxygen atoms in total. The van der Waals surface area contributed by atoms with Gasteiger partial charge in [-0.3, -0.25) is 13.9 Å². The molecule has 0 saturated heterocycles. The zero-order valence-electron chi connectivity index (χ0n) is 19.2. The van der Waals surface area contributed by atoms with Crippen molar-refractivity contribution >= 4 is 39.1 Å². The van der Waals surface area contributed by atoms with Gasteiger partial charge in [0.25, 0.3) is 0 Å². The Morgan fingerprint density at radius 2 is 1.79 bits per heavy atom. The Morgan fingerprint density at radius 1 is 1.15 bits per heavy atom. The largest absolute Gasteiger partial charge is 0.352 e. The van der Waals surface area contributed by atoms with Gasteiger partial charge in [-0.1, -0.05) is 36.6 Å². The fourth-order valence-corrected chi connectivity index (χ4v) is 5.09. The molecule has 1 atom stereocenters. The van der Waals surface area contributed by atoms with Crippen LogP contribution in [-0.4, -0.2) is 50.0 Å². The SMILES string of the molecule is C[C@H](C(=O)NC1CCCC1)N(Cc1cccc(Cl)c1)C(=O)CN(c1ccc(F)cc1)S(C)(=O)=O. The summed E-state index contributed by atoms with van der Waals surface area (Å²) in [5.74, 6) is -1.39. The molecule has 1 aliphatic rings. The van der Waals surface area contributed by atoms with Crippen molar-refractivity contribution in [1.82, 2.24) is 10.2 Å². The van der Waals surface area contributed by atoms with Gasteiger partial charge in [0.05, 0.1) is 11.9 Å². The molecule has 0 spiro atoms. The minimum atomic E-state index is -3.86. The summed E-state index contributed by atoms with van der Waals surface area (Å²) in [5.41, 5.74) is 0.858. The number of carbonyl (C=O) groups excluding carboxylic acids is 2. The summed E-state index contributed by atoms with van der Waals surface area (Å²) < 4.78 is 39.2. The van der Waals surface area contributed by atoms with Crippen LogP contribution >= 0.6 is 11.6 Å². The molecule has 0 radical (unpaired) electrons. The summed E-state index contributed by atoms with van der Waals surface area (Å²) in [4.78, 5) is 27.8. The van der Waals surface area contributed by atoms with Crippen molar-refractivity contribution in [2.45, 2.75) is 51.2 Å². The van der Waals surface area contributed by atoms with Gasteiger partial charge in [-0.05, 0) is 61.7 Å². The van der Waals surface area contributed by atoms with Crippen molar-refractivity contribution in [3.05, 3.63) is 64.9 Å². The zero-order valence-corrected chi connectivity index (χ0v) is 20.8. The van der Waals surface area contributed by atoms with Gasteiger partial charge in [0, 0.05) is 17.6 Å². The van der Waals surface area contributed by atoms with Gasteiger partial charge in [0.2, 0.25) is 21.8 Å². The number of nitrogens with one attached hydrogen (secondary N) is 1. The molecule has 184 valence electrons. The molecule has 1 fully saturated rings. The van der Waals surface area contributed by atoms with E-state index in [0.717, 1.165) is 48.4 Å². The van der Waals surface area contributed by atoms with Crippen molar-refractivity contribution in [3.63, 3.8) is 0 Å². The van der Waals surface area contributed by atoms with E-state index in [0.29, 0.717) is 10.6 Å². The number of sulfonamides is 1. The van der Waals surface area contributed by atoms with Gasteiger partial charge in [-0.15, -0.1) is 0 Å². The molecule has 0 aromatic heterocycles. The molecule has 0 unspecified atom stereocenters. The quantitative estimate of drug-likeness (QED) is 0.558. The predicted octanol–water partition coefficient (Wildman–Crippen LogP) is 3.72. The number of halogens is 2. The second-order valence-electron chi connectivity index (χ2n) is 8.56. The molecular weight excluding hydrogens is 481 g/mol. The lowest BCUT2D eigenvalue weighted by Gasteiger charge is -2.32. The van der Waals surface area contributed by atoms with Crippen molar-refractivity contribution in [2.75, 3.05) is 17.1 Å². The van der Waals surface area contributed by atoms with Crippen molar-refractivity contribution in [1.29, 1.82) is 0 Å². The lowest BCUT2D eigenvalue weighted by Crippen LogP contribution is -2.52. The monoisotopic (exact) mass is 509 g/mol. The summed E-state index contributed by atoms with van der Waals surface area (Å²) in [6.07, 6.45) is 4.86. The molecule has 2 aromatic carbocycles. The van der Waals surface area contributed by atoms with E-state index >= 15 is 0 Å². The van der Waals surface area contributed by atoms with Crippen molar-refractivity contribution in [3.8, 4) is 0 Å². The van der Waals surface area contributed by atoms with Crippen LogP contribution in [0.15, 0.2) is 48.5 Å².